The lowest BCUT2D eigenvalue weighted by atomic mass is 9.78. The fraction of sp³-hybridized carbons (Fsp3) is 0.419. The average molecular weight is 548 g/mol. The Hall–Kier alpha value is -3.82. The van der Waals surface area contributed by atoms with Crippen LogP contribution in [0.25, 0.3) is 10.9 Å². The topological polar surface area (TPSA) is 124 Å². The molecular formula is C31H37N3O6. The van der Waals surface area contributed by atoms with Gasteiger partial charge in [-0.15, -0.1) is 0 Å². The van der Waals surface area contributed by atoms with Crippen molar-refractivity contribution in [3.63, 3.8) is 0 Å². The molecule has 3 unspecified atom stereocenters. The van der Waals surface area contributed by atoms with E-state index in [9.17, 15) is 19.8 Å². The van der Waals surface area contributed by atoms with Crippen LogP contribution in [0.2, 0.25) is 0 Å². The summed E-state index contributed by atoms with van der Waals surface area (Å²) in [6.45, 7) is 2.24. The highest BCUT2D eigenvalue weighted by molar-refractivity contribution is 5.96. The van der Waals surface area contributed by atoms with E-state index >= 15 is 0 Å². The standard InChI is InChI=1S/C31H37N3O6/c1-3-6-28(37)34(11-9-20-17-33-25-8-5-4-7-22(20)25)21-15-24(31(38)32-10-12-35)29-23-13-19(18-36)14-27(39-2)30(23)40-26(29)16-21/h4-5,7-8,13-15,17,21,26,29,33,35-36H,3,6,9-12,16,18H2,1-2H3,(H,32,38). The summed E-state index contributed by atoms with van der Waals surface area (Å²) in [4.78, 5) is 32.1. The van der Waals surface area contributed by atoms with Crippen LogP contribution in [0.15, 0.2) is 54.2 Å². The van der Waals surface area contributed by atoms with E-state index in [1.807, 2.05) is 48.4 Å². The van der Waals surface area contributed by atoms with Crippen molar-refractivity contribution in [1.82, 2.24) is 15.2 Å². The maximum atomic E-state index is 13.5. The number of amides is 2. The van der Waals surface area contributed by atoms with Gasteiger partial charge in [0.05, 0.1) is 32.3 Å². The van der Waals surface area contributed by atoms with Crippen LogP contribution < -0.4 is 14.8 Å². The minimum Gasteiger partial charge on any atom is -0.493 e. The Balaban J connectivity index is 1.50. The summed E-state index contributed by atoms with van der Waals surface area (Å²) in [7, 11) is 1.55. The Labute approximate surface area is 233 Å². The van der Waals surface area contributed by atoms with E-state index in [0.29, 0.717) is 48.4 Å². The molecule has 0 bridgehead atoms. The van der Waals surface area contributed by atoms with Crippen LogP contribution in [-0.2, 0) is 22.6 Å². The Morgan fingerprint density at radius 2 is 2.05 bits per heavy atom. The van der Waals surface area contributed by atoms with Gasteiger partial charge in [-0.05, 0) is 42.2 Å². The van der Waals surface area contributed by atoms with Gasteiger partial charge in [-0.1, -0.05) is 31.2 Å². The van der Waals surface area contributed by atoms with Gasteiger partial charge in [0, 0.05) is 54.2 Å². The molecule has 0 spiro atoms. The zero-order chi connectivity index (χ0) is 28.2. The summed E-state index contributed by atoms with van der Waals surface area (Å²) < 4.78 is 12.0. The summed E-state index contributed by atoms with van der Waals surface area (Å²) in [6.07, 6.45) is 5.80. The molecule has 0 saturated carbocycles. The molecule has 1 aliphatic carbocycles. The largest absolute Gasteiger partial charge is 0.493 e. The second kappa shape index (κ2) is 12.1. The van der Waals surface area contributed by atoms with Gasteiger partial charge < -0.3 is 34.9 Å². The van der Waals surface area contributed by atoms with Gasteiger partial charge in [0.1, 0.15) is 6.10 Å². The van der Waals surface area contributed by atoms with Crippen LogP contribution in [0.5, 0.6) is 11.5 Å². The third-order valence-corrected chi connectivity index (χ3v) is 7.84. The van der Waals surface area contributed by atoms with Crippen LogP contribution in [-0.4, -0.2) is 70.9 Å². The molecule has 3 atom stereocenters. The molecule has 1 aromatic heterocycles. The number of hydrogen-bond donors (Lipinski definition) is 4. The molecule has 9 heteroatoms. The summed E-state index contributed by atoms with van der Waals surface area (Å²) in [5.41, 5.74) is 4.12. The Morgan fingerprint density at radius 1 is 1.23 bits per heavy atom. The van der Waals surface area contributed by atoms with Crippen molar-refractivity contribution >= 4 is 22.7 Å². The first-order chi connectivity index (χ1) is 19.5. The highest BCUT2D eigenvalue weighted by atomic mass is 16.5. The molecule has 2 aromatic carbocycles. The van der Waals surface area contributed by atoms with Gasteiger partial charge in [0.2, 0.25) is 11.8 Å². The first-order valence-electron chi connectivity index (χ1n) is 13.9. The first-order valence-corrected chi connectivity index (χ1v) is 13.9. The zero-order valence-corrected chi connectivity index (χ0v) is 23.0. The van der Waals surface area contributed by atoms with Gasteiger partial charge in [-0.25, -0.2) is 0 Å². The maximum Gasteiger partial charge on any atom is 0.247 e. The number of aliphatic hydroxyl groups excluding tert-OH is 2. The van der Waals surface area contributed by atoms with E-state index in [2.05, 4.69) is 16.4 Å². The molecule has 0 fully saturated rings. The summed E-state index contributed by atoms with van der Waals surface area (Å²) in [6, 6.07) is 11.3. The molecule has 2 amide bonds. The lowest BCUT2D eigenvalue weighted by Crippen LogP contribution is -2.47. The average Bonchev–Trinajstić information content (AvgIpc) is 3.56. The van der Waals surface area contributed by atoms with E-state index in [0.717, 1.165) is 28.5 Å². The van der Waals surface area contributed by atoms with Crippen molar-refractivity contribution in [2.24, 2.45) is 0 Å². The monoisotopic (exact) mass is 547 g/mol. The number of fused-ring (bicyclic) bond motifs is 4. The molecule has 2 heterocycles. The molecule has 0 saturated heterocycles. The lowest BCUT2D eigenvalue weighted by molar-refractivity contribution is -0.133. The number of aromatic amines is 1. The number of carbonyl (C=O) groups excluding carboxylic acids is 2. The quantitative estimate of drug-likeness (QED) is 0.292. The predicted molar refractivity (Wildman–Crippen MR) is 151 cm³/mol. The Morgan fingerprint density at radius 3 is 2.80 bits per heavy atom. The number of para-hydroxylation sites is 1. The number of rotatable bonds is 11. The molecule has 2 aliphatic rings. The SMILES string of the molecule is CCCC(=O)N(CCc1c[nH]c2ccccc12)C1C=C(C(=O)NCCO)C2c3cc(CO)cc(OC)c3OC2C1. The summed E-state index contributed by atoms with van der Waals surface area (Å²) >= 11 is 0. The molecule has 40 heavy (non-hydrogen) atoms. The molecule has 9 nitrogen and oxygen atoms in total. The fourth-order valence-electron chi connectivity index (χ4n) is 5.99. The van der Waals surface area contributed by atoms with Crippen molar-refractivity contribution in [3.8, 4) is 11.5 Å². The fourth-order valence-corrected chi connectivity index (χ4v) is 5.99. The Bertz CT molecular complexity index is 1410. The lowest BCUT2D eigenvalue weighted by Gasteiger charge is -2.37. The highest BCUT2D eigenvalue weighted by Crippen LogP contribution is 2.51. The van der Waals surface area contributed by atoms with E-state index in [1.165, 1.54) is 0 Å². The number of aromatic nitrogens is 1. The van der Waals surface area contributed by atoms with Gasteiger partial charge in [-0.3, -0.25) is 9.59 Å². The summed E-state index contributed by atoms with van der Waals surface area (Å²) in [5, 5.41) is 23.1. The summed E-state index contributed by atoms with van der Waals surface area (Å²) in [5.74, 6) is 0.398. The predicted octanol–water partition coefficient (Wildman–Crippen LogP) is 3.19. The third-order valence-electron chi connectivity index (χ3n) is 7.84. The number of methoxy groups -OCH3 is 1. The third kappa shape index (κ3) is 5.31. The highest BCUT2D eigenvalue weighted by Gasteiger charge is 2.46. The van der Waals surface area contributed by atoms with Crippen LogP contribution in [0.1, 0.15) is 48.8 Å². The number of nitrogens with one attached hydrogen (secondary N) is 2. The van der Waals surface area contributed by atoms with Crippen LogP contribution in [0, 0.1) is 0 Å². The Kier molecular flexibility index (Phi) is 8.42. The number of aliphatic hydroxyl groups is 2. The minimum absolute atomic E-state index is 0.0350. The van der Waals surface area contributed by atoms with Crippen molar-refractivity contribution in [1.29, 1.82) is 0 Å². The molecular weight excluding hydrogens is 510 g/mol. The number of benzene rings is 2. The molecule has 0 radical (unpaired) electrons. The second-order valence-corrected chi connectivity index (χ2v) is 10.4. The number of ether oxygens (including phenoxy) is 2. The number of carbonyl (C=O) groups is 2. The van der Waals surface area contributed by atoms with Gasteiger partial charge in [-0.2, -0.15) is 0 Å². The van der Waals surface area contributed by atoms with Gasteiger partial charge >= 0.3 is 0 Å². The van der Waals surface area contributed by atoms with Gasteiger partial charge in [0.15, 0.2) is 11.5 Å². The van der Waals surface area contributed by atoms with E-state index < -0.39 is 6.10 Å². The van der Waals surface area contributed by atoms with Gasteiger partial charge in [0.25, 0.3) is 0 Å². The number of nitrogens with zero attached hydrogens (tertiary/aromatic N) is 1. The molecule has 3 aromatic rings. The van der Waals surface area contributed by atoms with Crippen molar-refractivity contribution in [2.45, 2.75) is 57.3 Å². The van der Waals surface area contributed by atoms with Crippen LogP contribution in [0.4, 0.5) is 0 Å². The maximum absolute atomic E-state index is 13.5. The normalized spacial score (nSPS) is 19.4. The van der Waals surface area contributed by atoms with Crippen molar-refractivity contribution in [3.05, 3.63) is 70.9 Å². The number of H-pyrrole nitrogens is 1. The second-order valence-electron chi connectivity index (χ2n) is 10.4. The van der Waals surface area contributed by atoms with E-state index in [4.69, 9.17) is 9.47 Å². The van der Waals surface area contributed by atoms with E-state index in [1.54, 1.807) is 13.2 Å². The van der Waals surface area contributed by atoms with Crippen molar-refractivity contribution < 1.29 is 29.3 Å². The minimum atomic E-state index is -0.396. The smallest absolute Gasteiger partial charge is 0.247 e. The first kappa shape index (κ1) is 27.7. The number of hydrogen-bond acceptors (Lipinski definition) is 6. The van der Waals surface area contributed by atoms with Crippen LogP contribution in [0.3, 0.4) is 0 Å². The van der Waals surface area contributed by atoms with E-state index in [-0.39, 0.29) is 43.5 Å². The molecule has 1 aliphatic heterocycles. The van der Waals surface area contributed by atoms with Crippen molar-refractivity contribution in [2.75, 3.05) is 26.8 Å². The molecule has 4 N–H and O–H groups in total. The zero-order valence-electron chi connectivity index (χ0n) is 23.0. The molecule has 212 valence electrons. The van der Waals surface area contributed by atoms with Crippen LogP contribution >= 0.6 is 0 Å². The molecule has 5 rings (SSSR count).